The lowest BCUT2D eigenvalue weighted by molar-refractivity contribution is -0.131. The Morgan fingerprint density at radius 2 is 1.86 bits per heavy atom. The Balaban J connectivity index is 1.96. The highest BCUT2D eigenvalue weighted by Crippen LogP contribution is 2.34. The van der Waals surface area contributed by atoms with Crippen molar-refractivity contribution >= 4 is 5.57 Å². The van der Waals surface area contributed by atoms with Gasteiger partial charge < -0.3 is 9.30 Å². The molecular weight excluding hydrogens is 371 g/mol. The third-order valence-electron chi connectivity index (χ3n) is 4.40. The van der Waals surface area contributed by atoms with E-state index in [-0.39, 0.29) is 5.82 Å². The van der Waals surface area contributed by atoms with Crippen LogP contribution in [0.4, 0.5) is 13.2 Å². The minimum atomic E-state index is -4.87. The maximum atomic E-state index is 13.6. The van der Waals surface area contributed by atoms with Gasteiger partial charge in [-0.05, 0) is 30.5 Å². The van der Waals surface area contributed by atoms with E-state index >= 15 is 0 Å². The molecule has 0 saturated carbocycles. The predicted octanol–water partition coefficient (Wildman–Crippen LogP) is 3.89. The number of nitrogens with zero attached hydrogens (tertiary/aromatic N) is 5. The van der Waals surface area contributed by atoms with Gasteiger partial charge in [-0.2, -0.15) is 23.7 Å². The average Bonchev–Trinajstić information content (AvgIpc) is 2.92. The summed E-state index contributed by atoms with van der Waals surface area (Å²) in [6.45, 7) is 0.0658. The van der Waals surface area contributed by atoms with E-state index in [4.69, 9.17) is 10.00 Å². The van der Waals surface area contributed by atoms with E-state index in [1.54, 1.807) is 10.6 Å². The summed E-state index contributed by atoms with van der Waals surface area (Å²) in [7, 11) is 0. The fraction of sp³-hybridized carbons (Fsp3) is 0.368. The number of fused-ring (bicyclic) bond motifs is 1. The van der Waals surface area contributed by atoms with E-state index in [9.17, 15) is 18.4 Å². The first-order chi connectivity index (χ1) is 13.4. The molecule has 6 nitrogen and oxygen atoms in total. The second-order valence-electron chi connectivity index (χ2n) is 6.31. The molecule has 9 heteroatoms. The number of ether oxygens (including phenoxy) is 1. The second-order valence-corrected chi connectivity index (χ2v) is 6.31. The molecular formula is C19H16F3N5O. The normalized spacial score (nSPS) is 14.9. The SMILES string of the molecule is N#C/C(=C(\OCc1ccc(C#N)cc1)C(F)(F)F)c1nnc2n1CCCCC2. The lowest BCUT2D eigenvalue weighted by Crippen LogP contribution is -2.18. The number of rotatable bonds is 4. The number of halogens is 3. The van der Waals surface area contributed by atoms with Crippen molar-refractivity contribution in [2.75, 3.05) is 0 Å². The van der Waals surface area contributed by atoms with Crippen molar-refractivity contribution in [3.8, 4) is 12.1 Å². The van der Waals surface area contributed by atoms with Gasteiger partial charge >= 0.3 is 6.18 Å². The highest BCUT2D eigenvalue weighted by atomic mass is 19.4. The molecule has 28 heavy (non-hydrogen) atoms. The third-order valence-corrected chi connectivity index (χ3v) is 4.40. The minimum absolute atomic E-state index is 0.119. The smallest absolute Gasteiger partial charge is 0.450 e. The molecule has 1 aliphatic rings. The van der Waals surface area contributed by atoms with Crippen LogP contribution in [0.2, 0.25) is 0 Å². The number of alkyl halides is 3. The van der Waals surface area contributed by atoms with Crippen LogP contribution in [0.3, 0.4) is 0 Å². The number of aromatic nitrogens is 3. The van der Waals surface area contributed by atoms with Crippen molar-refractivity contribution in [3.63, 3.8) is 0 Å². The molecule has 0 bridgehead atoms. The summed E-state index contributed by atoms with van der Waals surface area (Å²) >= 11 is 0. The van der Waals surface area contributed by atoms with Crippen molar-refractivity contribution in [3.05, 3.63) is 52.8 Å². The van der Waals surface area contributed by atoms with Gasteiger partial charge in [0.05, 0.1) is 11.6 Å². The van der Waals surface area contributed by atoms with Crippen molar-refractivity contribution in [2.45, 2.75) is 45.0 Å². The fourth-order valence-electron chi connectivity index (χ4n) is 3.00. The maximum absolute atomic E-state index is 13.6. The molecule has 1 aliphatic heterocycles. The topological polar surface area (TPSA) is 87.5 Å². The Morgan fingerprint density at radius 1 is 1.11 bits per heavy atom. The van der Waals surface area contributed by atoms with Gasteiger partial charge in [-0.1, -0.05) is 18.6 Å². The van der Waals surface area contributed by atoms with E-state index in [0.29, 0.717) is 29.9 Å². The van der Waals surface area contributed by atoms with Gasteiger partial charge in [0.15, 0.2) is 5.82 Å². The van der Waals surface area contributed by atoms with Crippen LogP contribution in [0.5, 0.6) is 0 Å². The molecule has 1 aromatic heterocycles. The lowest BCUT2D eigenvalue weighted by Gasteiger charge is -2.16. The third kappa shape index (κ3) is 4.15. The van der Waals surface area contributed by atoms with Crippen LogP contribution in [-0.2, 0) is 24.3 Å². The Bertz CT molecular complexity index is 961. The van der Waals surface area contributed by atoms with Crippen LogP contribution >= 0.6 is 0 Å². The quantitative estimate of drug-likeness (QED) is 0.587. The van der Waals surface area contributed by atoms with Crippen molar-refractivity contribution in [1.82, 2.24) is 14.8 Å². The molecule has 0 N–H and O–H groups in total. The summed E-state index contributed by atoms with van der Waals surface area (Å²) < 4.78 is 47.6. The largest absolute Gasteiger partial charge is 0.483 e. The average molecular weight is 387 g/mol. The second kappa shape index (κ2) is 8.13. The Labute approximate surface area is 159 Å². The zero-order valence-corrected chi connectivity index (χ0v) is 14.8. The van der Waals surface area contributed by atoms with Crippen LogP contribution in [0.15, 0.2) is 30.0 Å². The number of allylic oxidation sites excluding steroid dienone is 2. The van der Waals surface area contributed by atoms with E-state index < -0.39 is 24.1 Å². The molecule has 0 atom stereocenters. The van der Waals surface area contributed by atoms with Gasteiger partial charge in [-0.25, -0.2) is 0 Å². The van der Waals surface area contributed by atoms with Gasteiger partial charge in [0.2, 0.25) is 5.76 Å². The van der Waals surface area contributed by atoms with Crippen LogP contribution in [0, 0.1) is 22.7 Å². The molecule has 0 saturated heterocycles. The number of aryl methyl sites for hydroxylation is 1. The molecule has 3 rings (SSSR count). The monoisotopic (exact) mass is 387 g/mol. The summed E-state index contributed by atoms with van der Waals surface area (Å²) in [4.78, 5) is 0. The van der Waals surface area contributed by atoms with E-state index in [2.05, 4.69) is 10.2 Å². The summed E-state index contributed by atoms with van der Waals surface area (Å²) in [5.41, 5.74) is 0.152. The van der Waals surface area contributed by atoms with Crippen molar-refractivity contribution in [1.29, 1.82) is 10.5 Å². The van der Waals surface area contributed by atoms with E-state index in [0.717, 1.165) is 19.3 Å². The zero-order chi connectivity index (χ0) is 20.1. The summed E-state index contributed by atoms with van der Waals surface area (Å²) in [5.74, 6) is -0.931. The van der Waals surface area contributed by atoms with Gasteiger partial charge in [0, 0.05) is 13.0 Å². The molecule has 0 radical (unpaired) electrons. The van der Waals surface area contributed by atoms with Crippen molar-refractivity contribution < 1.29 is 17.9 Å². The van der Waals surface area contributed by atoms with Crippen LogP contribution in [0.25, 0.3) is 5.57 Å². The highest BCUT2D eigenvalue weighted by Gasteiger charge is 2.41. The summed E-state index contributed by atoms with van der Waals surface area (Å²) in [6, 6.07) is 9.51. The Kier molecular flexibility index (Phi) is 5.65. The number of benzene rings is 1. The van der Waals surface area contributed by atoms with E-state index in [1.807, 2.05) is 6.07 Å². The van der Waals surface area contributed by atoms with Gasteiger partial charge in [-0.3, -0.25) is 0 Å². The standard InChI is InChI=1S/C19H16F3N5O/c20-19(21,22)17(28-12-14-7-5-13(10-23)6-8-14)15(11-24)18-26-25-16-4-2-1-3-9-27(16)18/h5-8H,1-4,9,12H2/b17-15+. The first-order valence-corrected chi connectivity index (χ1v) is 8.70. The van der Waals surface area contributed by atoms with Crippen LogP contribution < -0.4 is 0 Å². The molecule has 0 fully saturated rings. The summed E-state index contributed by atoms with van der Waals surface area (Å²) in [5, 5.41) is 26.1. The first-order valence-electron chi connectivity index (χ1n) is 8.70. The van der Waals surface area contributed by atoms with Crippen molar-refractivity contribution in [2.24, 2.45) is 0 Å². The Hall–Kier alpha value is -3.33. The molecule has 0 spiro atoms. The fourth-order valence-corrected chi connectivity index (χ4v) is 3.00. The molecule has 1 aromatic carbocycles. The number of nitriles is 2. The molecule has 0 aliphatic carbocycles. The molecule has 0 amide bonds. The molecule has 0 unspecified atom stereocenters. The van der Waals surface area contributed by atoms with Crippen LogP contribution in [-0.4, -0.2) is 20.9 Å². The van der Waals surface area contributed by atoms with E-state index in [1.165, 1.54) is 24.3 Å². The lowest BCUT2D eigenvalue weighted by atomic mass is 10.1. The Morgan fingerprint density at radius 3 is 2.50 bits per heavy atom. The van der Waals surface area contributed by atoms with Gasteiger partial charge in [-0.15, -0.1) is 10.2 Å². The maximum Gasteiger partial charge on any atom is 0.450 e. The predicted molar refractivity (Wildman–Crippen MR) is 92.1 cm³/mol. The number of hydrogen-bond donors (Lipinski definition) is 0. The summed E-state index contributed by atoms with van der Waals surface area (Å²) in [6.07, 6.45) is -1.65. The molecule has 2 heterocycles. The highest BCUT2D eigenvalue weighted by molar-refractivity contribution is 5.75. The zero-order valence-electron chi connectivity index (χ0n) is 14.8. The molecule has 2 aromatic rings. The molecule has 144 valence electrons. The minimum Gasteiger partial charge on any atom is -0.483 e. The van der Waals surface area contributed by atoms with Crippen LogP contribution in [0.1, 0.15) is 42.0 Å². The van der Waals surface area contributed by atoms with Gasteiger partial charge in [0.1, 0.15) is 24.1 Å². The first kappa shape index (κ1) is 19.4. The van der Waals surface area contributed by atoms with Gasteiger partial charge in [0.25, 0.3) is 0 Å². The number of hydrogen-bond acceptors (Lipinski definition) is 5.